The highest BCUT2D eigenvalue weighted by atomic mass is 35.5. The molecule has 0 aliphatic carbocycles. The first-order valence-corrected chi connectivity index (χ1v) is 4.23. The molecule has 2 atom stereocenters. The lowest BCUT2D eigenvalue weighted by molar-refractivity contribution is 0.463. The van der Waals surface area contributed by atoms with Crippen LogP contribution in [0.15, 0.2) is 0 Å². The zero-order chi connectivity index (χ0) is 7.98. The molecule has 0 fully saturated rings. The van der Waals surface area contributed by atoms with Crippen LogP contribution in [0.3, 0.4) is 0 Å². The summed E-state index contributed by atoms with van der Waals surface area (Å²) in [5, 5.41) is 8.54. The molecule has 0 rings (SSSR count). The third kappa shape index (κ3) is 3.74. The highest BCUT2D eigenvalue weighted by Gasteiger charge is 2.09. The lowest BCUT2D eigenvalue weighted by atomic mass is 9.96. The molecule has 0 saturated heterocycles. The highest BCUT2D eigenvalue weighted by Crippen LogP contribution is 2.15. The molecule has 2 unspecified atom stereocenters. The molecule has 0 N–H and O–H groups in total. The van der Waals surface area contributed by atoms with Gasteiger partial charge in [0.15, 0.2) is 0 Å². The molecule has 1 nitrogen and oxygen atoms in total. The van der Waals surface area contributed by atoms with Gasteiger partial charge in [-0.05, 0) is 12.3 Å². The van der Waals surface area contributed by atoms with Crippen LogP contribution in [-0.4, -0.2) is 5.88 Å². The van der Waals surface area contributed by atoms with Gasteiger partial charge in [-0.15, -0.1) is 11.6 Å². The summed E-state index contributed by atoms with van der Waals surface area (Å²) in [6.07, 6.45) is 2.07. The zero-order valence-corrected chi connectivity index (χ0v) is 7.36. The summed E-state index contributed by atoms with van der Waals surface area (Å²) in [5.41, 5.74) is 0. The van der Waals surface area contributed by atoms with Crippen LogP contribution >= 0.6 is 11.6 Å². The summed E-state index contributed by atoms with van der Waals surface area (Å²) in [7, 11) is 0. The molecule has 0 aromatic rings. The molecule has 0 aliphatic rings. The molecular formula is C8H14ClN. The van der Waals surface area contributed by atoms with Gasteiger partial charge < -0.3 is 0 Å². The normalized spacial score (nSPS) is 15.8. The lowest BCUT2D eigenvalue weighted by Gasteiger charge is -2.09. The fraction of sp³-hybridized carbons (Fsp3) is 0.875. The Labute approximate surface area is 68.0 Å². The Hall–Kier alpha value is -0.220. The van der Waals surface area contributed by atoms with Crippen molar-refractivity contribution < 1.29 is 0 Å². The van der Waals surface area contributed by atoms with Crippen LogP contribution in [0.4, 0.5) is 0 Å². The van der Waals surface area contributed by atoms with E-state index in [2.05, 4.69) is 19.9 Å². The predicted molar refractivity (Wildman–Crippen MR) is 43.9 cm³/mol. The first-order chi connectivity index (χ1) is 4.74. The van der Waals surface area contributed by atoms with Crippen molar-refractivity contribution >= 4 is 11.6 Å². The topological polar surface area (TPSA) is 23.8 Å². The quantitative estimate of drug-likeness (QED) is 0.579. The van der Waals surface area contributed by atoms with E-state index in [9.17, 15) is 0 Å². The van der Waals surface area contributed by atoms with Crippen molar-refractivity contribution in [2.24, 2.45) is 11.8 Å². The minimum Gasteiger partial charge on any atom is -0.198 e. The standard InChI is InChI=1S/C8H14ClN/c1-3-7(2)4-8(5-9)6-10/h7-8H,3-5H2,1-2H3. The second-order valence-corrected chi connectivity index (χ2v) is 3.04. The molecule has 0 bridgehead atoms. The number of rotatable bonds is 4. The molecular weight excluding hydrogens is 146 g/mol. The first kappa shape index (κ1) is 9.78. The summed E-state index contributed by atoms with van der Waals surface area (Å²) in [5.74, 6) is 1.15. The average Bonchev–Trinajstić information content (AvgIpc) is 1.99. The number of hydrogen-bond acceptors (Lipinski definition) is 1. The maximum atomic E-state index is 8.54. The van der Waals surface area contributed by atoms with Crippen LogP contribution in [0.1, 0.15) is 26.7 Å². The van der Waals surface area contributed by atoms with Gasteiger partial charge in [-0.3, -0.25) is 0 Å². The molecule has 2 heteroatoms. The van der Waals surface area contributed by atoms with Crippen LogP contribution in [-0.2, 0) is 0 Å². The summed E-state index contributed by atoms with van der Waals surface area (Å²) >= 11 is 5.55. The van der Waals surface area contributed by atoms with Gasteiger partial charge in [-0.25, -0.2) is 0 Å². The Kier molecular flexibility index (Phi) is 5.43. The van der Waals surface area contributed by atoms with E-state index in [1.165, 1.54) is 0 Å². The minimum atomic E-state index is 0.0524. The van der Waals surface area contributed by atoms with Gasteiger partial charge in [0.1, 0.15) is 0 Å². The third-order valence-electron chi connectivity index (χ3n) is 1.75. The number of halogens is 1. The van der Waals surface area contributed by atoms with Crippen molar-refractivity contribution in [2.75, 3.05) is 5.88 Å². The van der Waals surface area contributed by atoms with E-state index < -0.39 is 0 Å². The first-order valence-electron chi connectivity index (χ1n) is 3.70. The summed E-state index contributed by atoms with van der Waals surface area (Å²) in [6.45, 7) is 4.28. The van der Waals surface area contributed by atoms with E-state index in [0.29, 0.717) is 11.8 Å². The molecule has 58 valence electrons. The third-order valence-corrected chi connectivity index (χ3v) is 2.13. The molecule has 0 aromatic heterocycles. The molecule has 0 heterocycles. The number of nitrogens with zero attached hydrogens (tertiary/aromatic N) is 1. The van der Waals surface area contributed by atoms with Gasteiger partial charge in [0.2, 0.25) is 0 Å². The molecule has 0 amide bonds. The van der Waals surface area contributed by atoms with Crippen LogP contribution in [0.5, 0.6) is 0 Å². The Balaban J connectivity index is 3.54. The molecule has 0 aliphatic heterocycles. The van der Waals surface area contributed by atoms with Crippen LogP contribution in [0.25, 0.3) is 0 Å². The van der Waals surface area contributed by atoms with Gasteiger partial charge in [0, 0.05) is 5.88 Å². The van der Waals surface area contributed by atoms with Gasteiger partial charge in [0.25, 0.3) is 0 Å². The van der Waals surface area contributed by atoms with Crippen molar-refractivity contribution in [3.05, 3.63) is 0 Å². The van der Waals surface area contributed by atoms with Crippen molar-refractivity contribution in [2.45, 2.75) is 26.7 Å². The lowest BCUT2D eigenvalue weighted by Crippen LogP contribution is -2.04. The Morgan fingerprint density at radius 1 is 1.60 bits per heavy atom. The van der Waals surface area contributed by atoms with Crippen LogP contribution < -0.4 is 0 Å². The summed E-state index contributed by atoms with van der Waals surface area (Å²) in [6, 6.07) is 2.18. The number of alkyl halides is 1. The largest absolute Gasteiger partial charge is 0.198 e. The number of nitriles is 1. The van der Waals surface area contributed by atoms with E-state index in [0.717, 1.165) is 12.8 Å². The Morgan fingerprint density at radius 2 is 2.20 bits per heavy atom. The van der Waals surface area contributed by atoms with Gasteiger partial charge in [-0.2, -0.15) is 5.26 Å². The van der Waals surface area contributed by atoms with Crippen molar-refractivity contribution in [1.82, 2.24) is 0 Å². The van der Waals surface area contributed by atoms with Crippen molar-refractivity contribution in [3.63, 3.8) is 0 Å². The van der Waals surface area contributed by atoms with Gasteiger partial charge in [0.05, 0.1) is 12.0 Å². The molecule has 0 aromatic carbocycles. The maximum Gasteiger partial charge on any atom is 0.0668 e. The molecule has 0 saturated carbocycles. The van der Waals surface area contributed by atoms with Crippen LogP contribution in [0.2, 0.25) is 0 Å². The fourth-order valence-electron chi connectivity index (χ4n) is 0.803. The number of hydrogen-bond donors (Lipinski definition) is 0. The summed E-state index contributed by atoms with van der Waals surface area (Å²) in [4.78, 5) is 0. The van der Waals surface area contributed by atoms with Crippen LogP contribution in [0, 0.1) is 23.2 Å². The molecule has 0 radical (unpaired) electrons. The smallest absolute Gasteiger partial charge is 0.0668 e. The monoisotopic (exact) mass is 159 g/mol. The van der Waals surface area contributed by atoms with Gasteiger partial charge in [-0.1, -0.05) is 20.3 Å². The molecule has 10 heavy (non-hydrogen) atoms. The van der Waals surface area contributed by atoms with Gasteiger partial charge >= 0.3 is 0 Å². The zero-order valence-electron chi connectivity index (χ0n) is 6.60. The van der Waals surface area contributed by atoms with Crippen molar-refractivity contribution in [3.8, 4) is 6.07 Å². The Bertz CT molecular complexity index is 117. The van der Waals surface area contributed by atoms with E-state index in [1.807, 2.05) is 0 Å². The fourth-order valence-corrected chi connectivity index (χ4v) is 0.998. The van der Waals surface area contributed by atoms with E-state index in [-0.39, 0.29) is 5.92 Å². The molecule has 0 spiro atoms. The highest BCUT2D eigenvalue weighted by molar-refractivity contribution is 6.18. The van der Waals surface area contributed by atoms with E-state index in [1.54, 1.807) is 0 Å². The second kappa shape index (κ2) is 5.56. The second-order valence-electron chi connectivity index (χ2n) is 2.73. The van der Waals surface area contributed by atoms with E-state index in [4.69, 9.17) is 16.9 Å². The predicted octanol–water partition coefficient (Wildman–Crippen LogP) is 2.80. The minimum absolute atomic E-state index is 0.0524. The van der Waals surface area contributed by atoms with Crippen molar-refractivity contribution in [1.29, 1.82) is 5.26 Å². The SMILES string of the molecule is CCC(C)CC(C#N)CCl. The average molecular weight is 160 g/mol. The Morgan fingerprint density at radius 3 is 2.50 bits per heavy atom. The van der Waals surface area contributed by atoms with E-state index >= 15 is 0 Å². The maximum absolute atomic E-state index is 8.54. The summed E-state index contributed by atoms with van der Waals surface area (Å²) < 4.78 is 0.